The summed E-state index contributed by atoms with van der Waals surface area (Å²) < 4.78 is 45.7. The molecule has 20 heavy (non-hydrogen) atoms. The van der Waals surface area contributed by atoms with Gasteiger partial charge in [0.15, 0.2) is 0 Å². The summed E-state index contributed by atoms with van der Waals surface area (Å²) in [6.45, 7) is 0. The molecule has 0 spiro atoms. The lowest BCUT2D eigenvalue weighted by Crippen LogP contribution is -1.99. The monoisotopic (exact) mass is 370 g/mol. The zero-order chi connectivity index (χ0) is 16.0. The Hall–Kier alpha value is 0.310. The topological polar surface area (TPSA) is 152 Å². The Labute approximate surface area is 130 Å². The van der Waals surface area contributed by atoms with Gasteiger partial charge in [-0.05, 0) is 19.3 Å². The Morgan fingerprint density at radius 1 is 1.10 bits per heavy atom. The van der Waals surface area contributed by atoms with Gasteiger partial charge in [-0.15, -0.1) is 0 Å². The van der Waals surface area contributed by atoms with Crippen LogP contribution in [0.15, 0.2) is 0 Å². The molecule has 12 heteroatoms. The van der Waals surface area contributed by atoms with Crippen LogP contribution in [-0.2, 0) is 27.5 Å². The Morgan fingerprint density at radius 2 is 1.60 bits per heavy atom. The number of carboxylic acids is 1. The summed E-state index contributed by atoms with van der Waals surface area (Å²) in [6, 6.07) is 0. The van der Waals surface area contributed by atoms with Crippen LogP contribution in [0.4, 0.5) is 0 Å². The molecule has 1 atom stereocenters. The Morgan fingerprint density at radius 3 is 1.95 bits per heavy atom. The summed E-state index contributed by atoms with van der Waals surface area (Å²) in [5.74, 6) is 0.609. The van der Waals surface area contributed by atoms with Crippen LogP contribution in [0.3, 0.4) is 0 Å². The van der Waals surface area contributed by atoms with E-state index in [9.17, 15) is 4.79 Å². The first-order chi connectivity index (χ1) is 9.25. The van der Waals surface area contributed by atoms with Gasteiger partial charge < -0.3 is 5.11 Å². The van der Waals surface area contributed by atoms with Gasteiger partial charge in [0.2, 0.25) is 0 Å². The first kappa shape index (κ1) is 22.6. The molecular weight excluding hydrogens is 352 g/mol. The first-order valence-corrected chi connectivity index (χ1v) is 9.86. The number of rotatable bonds is 5. The van der Waals surface area contributed by atoms with Gasteiger partial charge in [-0.2, -0.15) is 8.42 Å². The van der Waals surface area contributed by atoms with Crippen molar-refractivity contribution in [3.8, 4) is 0 Å². The van der Waals surface area contributed by atoms with Crippen molar-refractivity contribution in [2.75, 3.05) is 5.75 Å². The van der Waals surface area contributed by atoms with E-state index < -0.39 is 28.7 Å². The zero-order valence-electron chi connectivity index (χ0n) is 10.4. The van der Waals surface area contributed by atoms with Gasteiger partial charge in [0, 0.05) is 17.4 Å². The molecule has 0 aromatic heterocycles. The molecule has 8 nitrogen and oxygen atoms in total. The molecule has 0 aromatic carbocycles. The van der Waals surface area contributed by atoms with E-state index in [2.05, 4.69) is 0 Å². The van der Waals surface area contributed by atoms with Crippen molar-refractivity contribution in [3.63, 3.8) is 0 Å². The average molecular weight is 370 g/mol. The maximum atomic E-state index is 10.2. The summed E-state index contributed by atoms with van der Waals surface area (Å²) in [7, 11) is 3.92. The van der Waals surface area contributed by atoms with Crippen molar-refractivity contribution in [2.45, 2.75) is 37.4 Å². The third kappa shape index (κ3) is 26.8. The molecule has 0 saturated carbocycles. The summed E-state index contributed by atoms with van der Waals surface area (Å²) >= 11 is -5.22. The molecule has 0 bridgehead atoms. The lowest BCUT2D eigenvalue weighted by Gasteiger charge is -2.04. The number of unbranched alkanes of at least 4 members (excludes halogenated alkanes) is 1. The molecule has 5 N–H and O–H groups in total. The minimum atomic E-state index is -2.61. The highest BCUT2D eigenvalue weighted by Gasteiger charge is 2.15. The molecular formula is C8H18O8S4. The van der Waals surface area contributed by atoms with Crippen LogP contribution in [0, 0.1) is 0 Å². The summed E-state index contributed by atoms with van der Waals surface area (Å²) in [5.41, 5.74) is 0. The van der Waals surface area contributed by atoms with Crippen LogP contribution >= 0.6 is 21.6 Å². The normalized spacial score (nSPS) is 17.2. The largest absolute Gasteiger partial charge is 0.481 e. The highest BCUT2D eigenvalue weighted by molar-refractivity contribution is 8.77. The van der Waals surface area contributed by atoms with Crippen LogP contribution in [-0.4, -0.2) is 48.7 Å². The maximum absolute atomic E-state index is 10.2. The van der Waals surface area contributed by atoms with Gasteiger partial charge in [-0.1, -0.05) is 28.0 Å². The molecule has 122 valence electrons. The van der Waals surface area contributed by atoms with Crippen molar-refractivity contribution >= 4 is 50.3 Å². The molecule has 1 rings (SSSR count). The fourth-order valence-electron chi connectivity index (χ4n) is 1.21. The van der Waals surface area contributed by atoms with Crippen molar-refractivity contribution in [1.29, 1.82) is 0 Å². The molecule has 1 unspecified atom stereocenters. The number of aliphatic carboxylic acids is 1. The Bertz CT molecular complexity index is 274. The highest BCUT2D eigenvalue weighted by atomic mass is 33.1. The predicted molar refractivity (Wildman–Crippen MR) is 81.4 cm³/mol. The number of carboxylic acid groups (broad SMARTS) is 1. The van der Waals surface area contributed by atoms with Crippen molar-refractivity contribution in [3.05, 3.63) is 0 Å². The van der Waals surface area contributed by atoms with Crippen LogP contribution in [0.5, 0.6) is 0 Å². The molecule has 0 amide bonds. The second-order valence-corrected chi connectivity index (χ2v) is 7.14. The van der Waals surface area contributed by atoms with E-state index >= 15 is 0 Å². The predicted octanol–water partition coefficient (Wildman–Crippen LogP) is 2.15. The SMILES string of the molecule is O=C(O)CCCCC1CCSS1.O=S(O)O.O=S(O)O. The number of hydrogen-bond donors (Lipinski definition) is 5. The third-order valence-electron chi connectivity index (χ3n) is 1.89. The van der Waals surface area contributed by atoms with Crippen molar-refractivity contribution in [1.82, 2.24) is 0 Å². The Balaban J connectivity index is 0. The van der Waals surface area contributed by atoms with E-state index in [1.165, 1.54) is 18.6 Å². The number of hydrogen-bond acceptors (Lipinski definition) is 5. The van der Waals surface area contributed by atoms with Gasteiger partial charge in [-0.3, -0.25) is 23.0 Å². The minimum Gasteiger partial charge on any atom is -0.481 e. The highest BCUT2D eigenvalue weighted by Crippen LogP contribution is 2.39. The average Bonchev–Trinajstić information content (AvgIpc) is 2.75. The summed E-state index contributed by atoms with van der Waals surface area (Å²) in [4.78, 5) is 10.2. The lowest BCUT2D eigenvalue weighted by atomic mass is 10.1. The lowest BCUT2D eigenvalue weighted by molar-refractivity contribution is -0.137. The minimum absolute atomic E-state index is 0.338. The van der Waals surface area contributed by atoms with Gasteiger partial charge in [0.1, 0.15) is 0 Å². The van der Waals surface area contributed by atoms with E-state index in [4.69, 9.17) is 31.7 Å². The van der Waals surface area contributed by atoms with Gasteiger partial charge in [0.05, 0.1) is 0 Å². The van der Waals surface area contributed by atoms with E-state index in [0.29, 0.717) is 6.42 Å². The Kier molecular flexibility index (Phi) is 17.7. The molecule has 1 saturated heterocycles. The van der Waals surface area contributed by atoms with Gasteiger partial charge in [-0.25, -0.2) is 0 Å². The molecule has 0 aromatic rings. The quantitative estimate of drug-likeness (QED) is 0.276. The summed E-state index contributed by atoms with van der Waals surface area (Å²) in [6.07, 6.45) is 4.76. The zero-order valence-corrected chi connectivity index (χ0v) is 13.7. The van der Waals surface area contributed by atoms with Gasteiger partial charge >= 0.3 is 5.97 Å². The molecule has 1 heterocycles. The molecule has 1 aliphatic rings. The van der Waals surface area contributed by atoms with E-state index in [-0.39, 0.29) is 0 Å². The molecule has 0 aliphatic carbocycles. The van der Waals surface area contributed by atoms with Crippen molar-refractivity contribution < 1.29 is 36.5 Å². The second-order valence-electron chi connectivity index (χ2n) is 3.43. The molecule has 1 fully saturated rings. The first-order valence-electron chi connectivity index (χ1n) is 5.35. The molecule has 0 radical (unpaired) electrons. The maximum Gasteiger partial charge on any atom is 0.303 e. The standard InChI is InChI=1S/C8H14O2S2.2H2O3S/c9-8(10)4-2-1-3-7-5-6-11-12-7;2*1-4(2)3/h7H,1-6H2,(H,9,10);2*(H2,1,2,3). The van der Waals surface area contributed by atoms with Crippen LogP contribution in [0.1, 0.15) is 32.1 Å². The summed E-state index contributed by atoms with van der Waals surface area (Å²) in [5, 5.41) is 9.19. The molecule has 1 aliphatic heterocycles. The van der Waals surface area contributed by atoms with E-state index in [1.807, 2.05) is 21.6 Å². The van der Waals surface area contributed by atoms with Crippen LogP contribution < -0.4 is 0 Å². The van der Waals surface area contributed by atoms with Crippen molar-refractivity contribution in [2.24, 2.45) is 0 Å². The van der Waals surface area contributed by atoms with E-state index in [1.54, 1.807) is 0 Å². The van der Waals surface area contributed by atoms with Crippen LogP contribution in [0.25, 0.3) is 0 Å². The van der Waals surface area contributed by atoms with Gasteiger partial charge in [0.25, 0.3) is 22.7 Å². The van der Waals surface area contributed by atoms with E-state index in [0.717, 1.165) is 18.1 Å². The smallest absolute Gasteiger partial charge is 0.303 e. The third-order valence-corrected chi connectivity index (χ3v) is 4.90. The van der Waals surface area contributed by atoms with Crippen LogP contribution in [0.2, 0.25) is 0 Å². The second kappa shape index (κ2) is 15.7. The number of carbonyl (C=O) groups is 1. The fourth-order valence-corrected chi connectivity index (χ4v) is 4.24. The fraction of sp³-hybridized carbons (Fsp3) is 0.875.